The quantitative estimate of drug-likeness (QED) is 0.665. The average Bonchev–Trinajstić information content (AvgIpc) is 3.28. The SMILES string of the molecule is O=C(CCC(=O)N1CC[NH+](Cc2ccc(F)cc2)CC1)Nc1nnc(C2CCCCC2)s1. The number of hydrogen-bond acceptors (Lipinski definition) is 5. The summed E-state index contributed by atoms with van der Waals surface area (Å²) in [5.74, 6) is 0.0720. The van der Waals surface area contributed by atoms with Crippen LogP contribution in [0.5, 0.6) is 0 Å². The molecule has 1 aromatic carbocycles. The molecule has 7 nitrogen and oxygen atoms in total. The Balaban J connectivity index is 1.16. The van der Waals surface area contributed by atoms with Crippen molar-refractivity contribution in [1.82, 2.24) is 15.1 Å². The number of halogens is 1. The Bertz CT molecular complexity index is 905. The van der Waals surface area contributed by atoms with Crippen LogP contribution in [0.15, 0.2) is 24.3 Å². The van der Waals surface area contributed by atoms with Gasteiger partial charge in [0.1, 0.15) is 17.4 Å². The van der Waals surface area contributed by atoms with E-state index in [0.29, 0.717) is 24.1 Å². The molecule has 2 N–H and O–H groups in total. The van der Waals surface area contributed by atoms with Gasteiger partial charge in [0.05, 0.1) is 26.2 Å². The summed E-state index contributed by atoms with van der Waals surface area (Å²) in [6.45, 7) is 3.89. The van der Waals surface area contributed by atoms with Gasteiger partial charge in [0, 0.05) is 24.3 Å². The molecule has 0 atom stereocenters. The average molecular weight is 461 g/mol. The van der Waals surface area contributed by atoms with Crippen molar-refractivity contribution < 1.29 is 18.9 Å². The molecule has 1 aliphatic carbocycles. The van der Waals surface area contributed by atoms with E-state index >= 15 is 0 Å². The van der Waals surface area contributed by atoms with Crippen LogP contribution in [0.3, 0.4) is 0 Å². The Morgan fingerprint density at radius 2 is 1.78 bits per heavy atom. The van der Waals surface area contributed by atoms with E-state index in [0.717, 1.165) is 43.0 Å². The summed E-state index contributed by atoms with van der Waals surface area (Å²) in [7, 11) is 0. The van der Waals surface area contributed by atoms with Crippen molar-refractivity contribution in [2.45, 2.75) is 57.4 Å². The lowest BCUT2D eigenvalue weighted by Crippen LogP contribution is -3.13. The summed E-state index contributed by atoms with van der Waals surface area (Å²) in [4.78, 5) is 28.0. The zero-order valence-electron chi connectivity index (χ0n) is 18.3. The highest BCUT2D eigenvalue weighted by Gasteiger charge is 2.24. The van der Waals surface area contributed by atoms with Crippen LogP contribution in [-0.4, -0.2) is 53.1 Å². The number of anilines is 1. The van der Waals surface area contributed by atoms with Crippen molar-refractivity contribution in [2.75, 3.05) is 31.5 Å². The molecule has 0 radical (unpaired) electrons. The number of rotatable bonds is 7. The molecule has 4 rings (SSSR count). The molecule has 2 amide bonds. The van der Waals surface area contributed by atoms with E-state index < -0.39 is 0 Å². The minimum Gasteiger partial charge on any atom is -0.331 e. The summed E-state index contributed by atoms with van der Waals surface area (Å²) in [6, 6.07) is 6.60. The Labute approximate surface area is 192 Å². The van der Waals surface area contributed by atoms with Gasteiger partial charge in [-0.3, -0.25) is 9.59 Å². The summed E-state index contributed by atoms with van der Waals surface area (Å²) in [5.41, 5.74) is 1.10. The van der Waals surface area contributed by atoms with Gasteiger partial charge in [-0.05, 0) is 25.0 Å². The van der Waals surface area contributed by atoms with E-state index in [1.54, 1.807) is 0 Å². The highest BCUT2D eigenvalue weighted by molar-refractivity contribution is 7.15. The molecule has 2 aliphatic rings. The van der Waals surface area contributed by atoms with Crippen LogP contribution in [0.25, 0.3) is 0 Å². The minimum absolute atomic E-state index is 0.0149. The molecule has 1 saturated carbocycles. The molecular formula is C23H31FN5O2S+. The standard InChI is InChI=1S/C23H30FN5O2S/c24-19-8-6-17(7-9-19)16-28-12-14-29(15-13-28)21(31)11-10-20(30)25-23-27-26-22(32-23)18-4-2-1-3-5-18/h6-9,18H,1-5,10-16H2,(H,25,27,30)/p+1. The third-order valence-electron chi connectivity index (χ3n) is 6.40. The molecule has 2 fully saturated rings. The van der Waals surface area contributed by atoms with Gasteiger partial charge < -0.3 is 15.1 Å². The first-order valence-corrected chi connectivity index (χ1v) is 12.4. The van der Waals surface area contributed by atoms with Crippen molar-refractivity contribution in [3.8, 4) is 0 Å². The van der Waals surface area contributed by atoms with Gasteiger partial charge in [0.2, 0.25) is 16.9 Å². The van der Waals surface area contributed by atoms with Gasteiger partial charge in [-0.25, -0.2) is 4.39 Å². The molecule has 9 heteroatoms. The van der Waals surface area contributed by atoms with Gasteiger partial charge in [-0.1, -0.05) is 42.7 Å². The predicted octanol–water partition coefficient (Wildman–Crippen LogP) is 2.37. The lowest BCUT2D eigenvalue weighted by Gasteiger charge is -2.32. The molecule has 32 heavy (non-hydrogen) atoms. The highest BCUT2D eigenvalue weighted by atomic mass is 32.1. The monoisotopic (exact) mass is 460 g/mol. The fourth-order valence-corrected chi connectivity index (χ4v) is 5.43. The van der Waals surface area contributed by atoms with Crippen molar-refractivity contribution in [1.29, 1.82) is 0 Å². The Morgan fingerprint density at radius 1 is 1.06 bits per heavy atom. The van der Waals surface area contributed by atoms with Crippen molar-refractivity contribution in [3.63, 3.8) is 0 Å². The number of quaternary nitrogens is 1. The number of nitrogens with one attached hydrogen (secondary N) is 2. The molecule has 1 aromatic heterocycles. The zero-order valence-corrected chi connectivity index (χ0v) is 19.1. The van der Waals surface area contributed by atoms with Gasteiger partial charge in [0.25, 0.3) is 0 Å². The van der Waals surface area contributed by atoms with Crippen LogP contribution in [0.4, 0.5) is 9.52 Å². The van der Waals surface area contributed by atoms with Gasteiger partial charge >= 0.3 is 0 Å². The molecule has 1 saturated heterocycles. The lowest BCUT2D eigenvalue weighted by atomic mass is 9.90. The second-order valence-electron chi connectivity index (χ2n) is 8.76. The summed E-state index contributed by atoms with van der Waals surface area (Å²) in [5, 5.41) is 12.7. The maximum absolute atomic E-state index is 13.0. The van der Waals surface area contributed by atoms with E-state index in [-0.39, 0.29) is 30.5 Å². The summed E-state index contributed by atoms with van der Waals surface area (Å²) >= 11 is 1.46. The maximum Gasteiger partial charge on any atom is 0.226 e. The van der Waals surface area contributed by atoms with Gasteiger partial charge in [0.15, 0.2) is 0 Å². The largest absolute Gasteiger partial charge is 0.331 e. The van der Waals surface area contributed by atoms with E-state index in [9.17, 15) is 14.0 Å². The van der Waals surface area contributed by atoms with E-state index in [4.69, 9.17) is 0 Å². The normalized spacial score (nSPS) is 18.0. The van der Waals surface area contributed by atoms with E-state index in [1.165, 1.54) is 47.6 Å². The van der Waals surface area contributed by atoms with E-state index in [1.807, 2.05) is 17.0 Å². The predicted molar refractivity (Wildman–Crippen MR) is 121 cm³/mol. The highest BCUT2D eigenvalue weighted by Crippen LogP contribution is 2.35. The maximum atomic E-state index is 13.0. The van der Waals surface area contributed by atoms with E-state index in [2.05, 4.69) is 15.5 Å². The van der Waals surface area contributed by atoms with Gasteiger partial charge in [-0.15, -0.1) is 10.2 Å². The number of piperazine rings is 1. The van der Waals surface area contributed by atoms with Crippen LogP contribution in [0, 0.1) is 5.82 Å². The summed E-state index contributed by atoms with van der Waals surface area (Å²) in [6.07, 6.45) is 6.41. The smallest absolute Gasteiger partial charge is 0.226 e. The summed E-state index contributed by atoms with van der Waals surface area (Å²) < 4.78 is 13.0. The second kappa shape index (κ2) is 11.0. The molecule has 0 spiro atoms. The van der Waals surface area contributed by atoms with Crippen LogP contribution in [0.1, 0.15) is 61.4 Å². The molecule has 2 aromatic rings. The first-order chi connectivity index (χ1) is 15.6. The number of benzene rings is 1. The Morgan fingerprint density at radius 3 is 2.50 bits per heavy atom. The molecular weight excluding hydrogens is 429 g/mol. The third kappa shape index (κ3) is 6.32. The van der Waals surface area contributed by atoms with Crippen molar-refractivity contribution in [2.24, 2.45) is 0 Å². The minimum atomic E-state index is -0.223. The molecule has 2 heterocycles. The molecule has 1 aliphatic heterocycles. The topological polar surface area (TPSA) is 79.6 Å². The first-order valence-electron chi connectivity index (χ1n) is 11.6. The Kier molecular flexibility index (Phi) is 7.81. The molecule has 0 unspecified atom stereocenters. The first kappa shape index (κ1) is 22.8. The third-order valence-corrected chi connectivity index (χ3v) is 7.40. The molecule has 0 bridgehead atoms. The number of carbonyl (C=O) groups is 2. The van der Waals surface area contributed by atoms with Crippen LogP contribution in [-0.2, 0) is 16.1 Å². The number of amides is 2. The number of aromatic nitrogens is 2. The van der Waals surface area contributed by atoms with Crippen molar-refractivity contribution in [3.05, 3.63) is 40.7 Å². The zero-order chi connectivity index (χ0) is 22.3. The van der Waals surface area contributed by atoms with Gasteiger partial charge in [-0.2, -0.15) is 0 Å². The number of nitrogens with zero attached hydrogens (tertiary/aromatic N) is 3. The van der Waals surface area contributed by atoms with Crippen molar-refractivity contribution >= 4 is 28.3 Å². The second-order valence-corrected chi connectivity index (χ2v) is 9.77. The van der Waals surface area contributed by atoms with Crippen LogP contribution >= 0.6 is 11.3 Å². The lowest BCUT2D eigenvalue weighted by molar-refractivity contribution is -0.917. The fraction of sp³-hybridized carbons (Fsp3) is 0.565. The Hall–Kier alpha value is -2.39. The number of hydrogen-bond donors (Lipinski definition) is 2. The van der Waals surface area contributed by atoms with Crippen LogP contribution < -0.4 is 10.2 Å². The van der Waals surface area contributed by atoms with Crippen LogP contribution in [0.2, 0.25) is 0 Å². The number of carbonyl (C=O) groups excluding carboxylic acids is 2. The molecule has 172 valence electrons. The fourth-order valence-electron chi connectivity index (χ4n) is 4.50.